The monoisotopic (exact) mass is 521 g/mol. The fraction of sp³-hybridized carbons (Fsp3) is 0. The van der Waals surface area contributed by atoms with Crippen LogP contribution in [0.5, 0.6) is 34.5 Å². The van der Waals surface area contributed by atoms with E-state index in [2.05, 4.69) is 35.2 Å². The Morgan fingerprint density at radius 3 is 1.27 bits per heavy atom. The largest absolute Gasteiger partial charge is 0.457 e. The highest BCUT2D eigenvalue weighted by atomic mass is 16.5. The van der Waals surface area contributed by atoms with Crippen LogP contribution in [-0.4, -0.2) is 0 Å². The average Bonchev–Trinajstić information content (AvgIpc) is 3.00. The second-order valence-electron chi connectivity index (χ2n) is 9.04. The second kappa shape index (κ2) is 11.9. The van der Waals surface area contributed by atoms with Crippen LogP contribution in [0.15, 0.2) is 164 Å². The zero-order chi connectivity index (χ0) is 27.0. The van der Waals surface area contributed by atoms with Crippen molar-refractivity contribution < 1.29 is 14.2 Å². The molecule has 0 saturated heterocycles. The van der Waals surface area contributed by atoms with Crippen molar-refractivity contribution in [3.05, 3.63) is 164 Å². The lowest BCUT2D eigenvalue weighted by Gasteiger charge is -2.25. The van der Waals surface area contributed by atoms with Gasteiger partial charge in [0.25, 0.3) is 0 Å². The smallest absolute Gasteiger partial charge is 0.169 e. The number of benzene rings is 6. The van der Waals surface area contributed by atoms with Crippen molar-refractivity contribution >= 4 is 17.1 Å². The predicted molar refractivity (Wildman–Crippen MR) is 161 cm³/mol. The van der Waals surface area contributed by atoms with Gasteiger partial charge in [0.1, 0.15) is 23.0 Å². The maximum absolute atomic E-state index is 6.39. The molecule has 0 aliphatic carbocycles. The number of nitrogens with zero attached hydrogens (tertiary/aromatic N) is 1. The molecular weight excluding hydrogens is 494 g/mol. The van der Waals surface area contributed by atoms with E-state index in [1.807, 2.05) is 133 Å². The van der Waals surface area contributed by atoms with Crippen molar-refractivity contribution in [1.82, 2.24) is 0 Å². The average molecular weight is 522 g/mol. The van der Waals surface area contributed by atoms with Crippen LogP contribution in [0.2, 0.25) is 0 Å². The van der Waals surface area contributed by atoms with Crippen molar-refractivity contribution in [2.45, 2.75) is 0 Å². The van der Waals surface area contributed by atoms with Crippen molar-refractivity contribution in [1.29, 1.82) is 0 Å². The molecule has 0 aliphatic heterocycles. The molecule has 0 saturated carbocycles. The molecule has 0 bridgehead atoms. The Morgan fingerprint density at radius 2 is 0.700 bits per heavy atom. The Hall–Kier alpha value is -5.48. The van der Waals surface area contributed by atoms with Crippen LogP contribution in [0.4, 0.5) is 17.1 Å². The molecule has 0 unspecified atom stereocenters. The van der Waals surface area contributed by atoms with Gasteiger partial charge in [0.15, 0.2) is 11.5 Å². The van der Waals surface area contributed by atoms with Gasteiger partial charge in [-0.05, 0) is 72.8 Å². The van der Waals surface area contributed by atoms with Gasteiger partial charge in [-0.25, -0.2) is 0 Å². The Bertz CT molecular complexity index is 1630. The number of ether oxygens (including phenoxy) is 3. The highest BCUT2D eigenvalue weighted by molar-refractivity contribution is 5.77. The first-order chi connectivity index (χ1) is 19.8. The highest BCUT2D eigenvalue weighted by Gasteiger charge is 2.14. The van der Waals surface area contributed by atoms with Gasteiger partial charge >= 0.3 is 0 Å². The summed E-state index contributed by atoms with van der Waals surface area (Å²) in [7, 11) is 0. The minimum Gasteiger partial charge on any atom is -0.457 e. The third kappa shape index (κ3) is 5.98. The molecule has 4 nitrogen and oxygen atoms in total. The van der Waals surface area contributed by atoms with Crippen molar-refractivity contribution in [3.63, 3.8) is 0 Å². The van der Waals surface area contributed by atoms with Gasteiger partial charge in [0.05, 0.1) is 0 Å². The minimum absolute atomic E-state index is 0.604. The lowest BCUT2D eigenvalue weighted by atomic mass is 10.2. The molecule has 0 aliphatic rings. The zero-order valence-corrected chi connectivity index (χ0v) is 21.8. The molecule has 6 aromatic rings. The van der Waals surface area contributed by atoms with E-state index in [0.717, 1.165) is 22.8 Å². The molecule has 0 heterocycles. The lowest BCUT2D eigenvalue weighted by molar-refractivity contribution is 0.415. The second-order valence-corrected chi connectivity index (χ2v) is 9.04. The molecule has 6 rings (SSSR count). The van der Waals surface area contributed by atoms with E-state index in [1.54, 1.807) is 0 Å². The van der Waals surface area contributed by atoms with E-state index in [0.29, 0.717) is 28.7 Å². The maximum Gasteiger partial charge on any atom is 0.169 e. The summed E-state index contributed by atoms with van der Waals surface area (Å²) in [6.45, 7) is 0. The van der Waals surface area contributed by atoms with Gasteiger partial charge in [0, 0.05) is 29.2 Å². The maximum atomic E-state index is 6.39. The number of hydrogen-bond acceptors (Lipinski definition) is 4. The number of para-hydroxylation sites is 5. The summed E-state index contributed by atoms with van der Waals surface area (Å²) in [4.78, 5) is 2.20. The van der Waals surface area contributed by atoms with Crippen LogP contribution >= 0.6 is 0 Å². The van der Waals surface area contributed by atoms with Crippen molar-refractivity contribution in [2.75, 3.05) is 4.90 Å². The quantitative estimate of drug-likeness (QED) is 0.189. The number of rotatable bonds is 9. The fourth-order valence-corrected chi connectivity index (χ4v) is 4.39. The van der Waals surface area contributed by atoms with Gasteiger partial charge < -0.3 is 19.1 Å². The SMILES string of the molecule is c1ccc(Oc2cccc(Oc3ccccc3Oc3cccc(N(c4ccccc4)c4ccccc4)c3)c2)cc1. The third-order valence-corrected chi connectivity index (χ3v) is 6.19. The summed E-state index contributed by atoms with van der Waals surface area (Å²) in [5, 5.41) is 0. The Morgan fingerprint density at radius 1 is 0.300 bits per heavy atom. The molecule has 0 N–H and O–H groups in total. The van der Waals surface area contributed by atoms with Crippen LogP contribution in [0.3, 0.4) is 0 Å². The Kier molecular flexibility index (Phi) is 7.40. The molecular formula is C36H27NO3. The summed E-state index contributed by atoms with van der Waals surface area (Å²) < 4.78 is 18.6. The van der Waals surface area contributed by atoms with Crippen molar-refractivity contribution in [3.8, 4) is 34.5 Å². The molecule has 4 heteroatoms. The molecule has 0 aromatic heterocycles. The van der Waals surface area contributed by atoms with Gasteiger partial charge in [0.2, 0.25) is 0 Å². The summed E-state index contributed by atoms with van der Waals surface area (Å²) in [5.41, 5.74) is 3.11. The van der Waals surface area contributed by atoms with Crippen LogP contribution in [-0.2, 0) is 0 Å². The normalized spacial score (nSPS) is 10.5. The van der Waals surface area contributed by atoms with E-state index in [-0.39, 0.29) is 0 Å². The van der Waals surface area contributed by atoms with Crippen molar-refractivity contribution in [2.24, 2.45) is 0 Å². The summed E-state index contributed by atoms with van der Waals surface area (Å²) in [6, 6.07) is 53.5. The summed E-state index contributed by atoms with van der Waals surface area (Å²) in [5.74, 6) is 4.02. The Balaban J connectivity index is 1.26. The van der Waals surface area contributed by atoms with E-state index in [9.17, 15) is 0 Å². The first-order valence-corrected chi connectivity index (χ1v) is 13.1. The minimum atomic E-state index is 0.604. The molecule has 0 spiro atoms. The van der Waals surface area contributed by atoms with Gasteiger partial charge in [-0.3, -0.25) is 0 Å². The molecule has 6 aromatic carbocycles. The summed E-state index contributed by atoms with van der Waals surface area (Å²) >= 11 is 0. The van der Waals surface area contributed by atoms with E-state index in [4.69, 9.17) is 14.2 Å². The van der Waals surface area contributed by atoms with E-state index < -0.39 is 0 Å². The number of hydrogen-bond donors (Lipinski definition) is 0. The van der Waals surface area contributed by atoms with Crippen LogP contribution < -0.4 is 19.1 Å². The van der Waals surface area contributed by atoms with Gasteiger partial charge in [-0.2, -0.15) is 0 Å². The molecule has 0 atom stereocenters. The third-order valence-electron chi connectivity index (χ3n) is 6.19. The highest BCUT2D eigenvalue weighted by Crippen LogP contribution is 2.39. The molecule has 0 amide bonds. The predicted octanol–water partition coefficient (Wildman–Crippen LogP) is 10.5. The van der Waals surface area contributed by atoms with E-state index >= 15 is 0 Å². The zero-order valence-electron chi connectivity index (χ0n) is 21.8. The molecule has 194 valence electrons. The molecule has 0 fully saturated rings. The first-order valence-electron chi connectivity index (χ1n) is 13.1. The summed E-state index contributed by atoms with van der Waals surface area (Å²) in [6.07, 6.45) is 0. The Labute approximate surface area is 234 Å². The fourth-order valence-electron chi connectivity index (χ4n) is 4.39. The van der Waals surface area contributed by atoms with Crippen LogP contribution in [0.25, 0.3) is 0 Å². The van der Waals surface area contributed by atoms with Gasteiger partial charge in [-0.1, -0.05) is 78.9 Å². The lowest BCUT2D eigenvalue weighted by Crippen LogP contribution is -2.09. The topological polar surface area (TPSA) is 30.9 Å². The first kappa shape index (κ1) is 24.8. The van der Waals surface area contributed by atoms with Crippen LogP contribution in [0.1, 0.15) is 0 Å². The standard InChI is InChI=1S/C36H27NO3/c1-4-14-28(15-5-1)37(29-16-6-2-7-17-29)30-18-12-21-32(26-30)39-35-24-10-11-25-36(35)40-34-23-13-22-33(27-34)38-31-19-8-3-9-20-31/h1-27H. The number of anilines is 3. The molecule has 40 heavy (non-hydrogen) atoms. The van der Waals surface area contributed by atoms with E-state index in [1.165, 1.54) is 0 Å². The van der Waals surface area contributed by atoms with Gasteiger partial charge in [-0.15, -0.1) is 0 Å². The van der Waals surface area contributed by atoms with Crippen LogP contribution in [0, 0.1) is 0 Å². The molecule has 0 radical (unpaired) electrons.